The molecule has 0 aromatic heterocycles. The molecule has 3 rings (SSSR count). The molecule has 1 N–H and O–H groups in total. The minimum atomic E-state index is -0.853. The SMILES string of the molecule is O=[N+]([O-])c1cc(NCc2ccc3c(c2)OCO3)ccc1F. The third-order valence-electron chi connectivity index (χ3n) is 3.08. The van der Waals surface area contributed by atoms with Gasteiger partial charge in [0.1, 0.15) is 0 Å². The lowest BCUT2D eigenvalue weighted by molar-refractivity contribution is -0.387. The first kappa shape index (κ1) is 13.2. The number of benzene rings is 2. The Balaban J connectivity index is 1.73. The average molecular weight is 290 g/mol. The zero-order valence-electron chi connectivity index (χ0n) is 10.8. The van der Waals surface area contributed by atoms with Gasteiger partial charge >= 0.3 is 5.69 Å². The summed E-state index contributed by atoms with van der Waals surface area (Å²) in [4.78, 5) is 9.93. The molecule has 21 heavy (non-hydrogen) atoms. The third kappa shape index (κ3) is 2.71. The molecule has 6 nitrogen and oxygen atoms in total. The first-order valence-corrected chi connectivity index (χ1v) is 6.20. The largest absolute Gasteiger partial charge is 0.454 e. The number of nitro groups is 1. The Bertz CT molecular complexity index is 705. The lowest BCUT2D eigenvalue weighted by atomic mass is 10.2. The van der Waals surface area contributed by atoms with Crippen LogP contribution < -0.4 is 14.8 Å². The van der Waals surface area contributed by atoms with Crippen LogP contribution in [0, 0.1) is 15.9 Å². The Morgan fingerprint density at radius 2 is 2.00 bits per heavy atom. The number of nitrogens with zero attached hydrogens (tertiary/aromatic N) is 1. The van der Waals surface area contributed by atoms with Gasteiger partial charge in [0.25, 0.3) is 0 Å². The van der Waals surface area contributed by atoms with Crippen LogP contribution in [0.2, 0.25) is 0 Å². The van der Waals surface area contributed by atoms with Crippen LogP contribution >= 0.6 is 0 Å². The lowest BCUT2D eigenvalue weighted by Crippen LogP contribution is -2.01. The Kier molecular flexibility index (Phi) is 3.31. The number of ether oxygens (including phenoxy) is 2. The van der Waals surface area contributed by atoms with Crippen LogP contribution in [-0.4, -0.2) is 11.7 Å². The van der Waals surface area contributed by atoms with Crippen molar-refractivity contribution in [2.24, 2.45) is 0 Å². The average Bonchev–Trinajstić information content (AvgIpc) is 2.93. The van der Waals surface area contributed by atoms with Crippen molar-refractivity contribution in [3.8, 4) is 11.5 Å². The highest BCUT2D eigenvalue weighted by molar-refractivity contribution is 5.52. The molecule has 1 aliphatic heterocycles. The monoisotopic (exact) mass is 290 g/mol. The van der Waals surface area contributed by atoms with Gasteiger partial charge in [0.05, 0.1) is 4.92 Å². The van der Waals surface area contributed by atoms with Gasteiger partial charge in [-0.05, 0) is 29.8 Å². The van der Waals surface area contributed by atoms with E-state index in [1.807, 2.05) is 12.1 Å². The van der Waals surface area contributed by atoms with Gasteiger partial charge in [-0.25, -0.2) is 0 Å². The lowest BCUT2D eigenvalue weighted by Gasteiger charge is -2.07. The van der Waals surface area contributed by atoms with Gasteiger partial charge in [-0.2, -0.15) is 4.39 Å². The molecule has 0 fully saturated rings. The van der Waals surface area contributed by atoms with Gasteiger partial charge in [0.15, 0.2) is 11.5 Å². The standard InChI is InChI=1S/C14H11FN2O4/c15-11-3-2-10(6-12(11)17(18)19)16-7-9-1-4-13-14(5-9)21-8-20-13/h1-6,16H,7-8H2. The first-order valence-electron chi connectivity index (χ1n) is 6.20. The van der Waals surface area contributed by atoms with Crippen molar-refractivity contribution in [3.05, 3.63) is 57.9 Å². The second-order valence-corrected chi connectivity index (χ2v) is 4.46. The van der Waals surface area contributed by atoms with Gasteiger partial charge in [-0.1, -0.05) is 6.07 Å². The highest BCUT2D eigenvalue weighted by atomic mass is 19.1. The third-order valence-corrected chi connectivity index (χ3v) is 3.08. The maximum absolute atomic E-state index is 13.2. The van der Waals surface area contributed by atoms with Crippen LogP contribution in [0.25, 0.3) is 0 Å². The Morgan fingerprint density at radius 1 is 1.19 bits per heavy atom. The molecule has 7 heteroatoms. The number of hydrogen-bond acceptors (Lipinski definition) is 5. The van der Waals surface area contributed by atoms with Crippen LogP contribution in [0.5, 0.6) is 11.5 Å². The van der Waals surface area contributed by atoms with Gasteiger partial charge in [-0.15, -0.1) is 0 Å². The normalized spacial score (nSPS) is 12.2. The minimum absolute atomic E-state index is 0.205. The molecular weight excluding hydrogens is 279 g/mol. The highest BCUT2D eigenvalue weighted by Crippen LogP contribution is 2.32. The maximum Gasteiger partial charge on any atom is 0.306 e. The smallest absolute Gasteiger partial charge is 0.306 e. The van der Waals surface area contributed by atoms with E-state index in [0.717, 1.165) is 11.6 Å². The number of rotatable bonds is 4. The molecule has 108 valence electrons. The topological polar surface area (TPSA) is 73.6 Å². The molecule has 0 spiro atoms. The number of anilines is 1. The second kappa shape index (κ2) is 5.28. The number of nitrogens with one attached hydrogen (secondary N) is 1. The maximum atomic E-state index is 13.2. The molecule has 0 aliphatic carbocycles. The van der Waals surface area contributed by atoms with Gasteiger partial charge < -0.3 is 14.8 Å². The molecule has 0 atom stereocenters. The van der Waals surface area contributed by atoms with E-state index in [-0.39, 0.29) is 6.79 Å². The van der Waals surface area contributed by atoms with E-state index in [1.54, 1.807) is 6.07 Å². The number of hydrogen-bond donors (Lipinski definition) is 1. The fourth-order valence-corrected chi connectivity index (χ4v) is 2.02. The van der Waals surface area contributed by atoms with E-state index in [9.17, 15) is 14.5 Å². The zero-order chi connectivity index (χ0) is 14.8. The molecule has 0 radical (unpaired) electrons. The predicted octanol–water partition coefficient (Wildman–Crippen LogP) is 3.07. The summed E-state index contributed by atoms with van der Waals surface area (Å²) in [5, 5.41) is 13.7. The van der Waals surface area contributed by atoms with Crippen LogP contribution in [-0.2, 0) is 6.54 Å². The molecule has 0 saturated heterocycles. The molecule has 0 saturated carbocycles. The fraction of sp³-hybridized carbons (Fsp3) is 0.143. The summed E-state index contributed by atoms with van der Waals surface area (Å²) in [5.74, 6) is 0.504. The van der Waals surface area contributed by atoms with Crippen LogP contribution in [0.4, 0.5) is 15.8 Å². The summed E-state index contributed by atoms with van der Waals surface area (Å²) in [6.45, 7) is 0.635. The summed E-state index contributed by atoms with van der Waals surface area (Å²) in [7, 11) is 0. The van der Waals surface area contributed by atoms with Crippen molar-refractivity contribution in [3.63, 3.8) is 0 Å². The van der Waals surface area contributed by atoms with E-state index < -0.39 is 16.4 Å². The van der Waals surface area contributed by atoms with Crippen molar-refractivity contribution in [2.45, 2.75) is 6.54 Å². The number of nitro benzene ring substituents is 1. The van der Waals surface area contributed by atoms with Crippen molar-refractivity contribution in [1.29, 1.82) is 0 Å². The Morgan fingerprint density at radius 3 is 2.81 bits per heavy atom. The number of fused-ring (bicyclic) bond motifs is 1. The molecule has 0 unspecified atom stereocenters. The van der Waals surface area contributed by atoms with Crippen molar-refractivity contribution in [1.82, 2.24) is 0 Å². The molecule has 1 aliphatic rings. The molecule has 0 bridgehead atoms. The second-order valence-electron chi connectivity index (χ2n) is 4.46. The highest BCUT2D eigenvalue weighted by Gasteiger charge is 2.15. The summed E-state index contributed by atoms with van der Waals surface area (Å²) < 4.78 is 23.7. The van der Waals surface area contributed by atoms with E-state index in [1.165, 1.54) is 12.1 Å². The molecule has 1 heterocycles. The summed E-state index contributed by atoms with van der Waals surface area (Å²) in [6.07, 6.45) is 0. The van der Waals surface area contributed by atoms with E-state index in [2.05, 4.69) is 5.32 Å². The Labute approximate surface area is 119 Å². The molecule has 2 aromatic rings. The summed E-state index contributed by atoms with van der Waals surface area (Å²) >= 11 is 0. The molecule has 2 aromatic carbocycles. The van der Waals surface area contributed by atoms with Crippen LogP contribution in [0.15, 0.2) is 36.4 Å². The van der Waals surface area contributed by atoms with Crippen LogP contribution in [0.3, 0.4) is 0 Å². The van der Waals surface area contributed by atoms with E-state index in [0.29, 0.717) is 23.7 Å². The van der Waals surface area contributed by atoms with Crippen molar-refractivity contribution < 1.29 is 18.8 Å². The first-order chi connectivity index (χ1) is 10.1. The van der Waals surface area contributed by atoms with E-state index >= 15 is 0 Å². The minimum Gasteiger partial charge on any atom is -0.454 e. The molecule has 0 amide bonds. The summed E-state index contributed by atoms with van der Waals surface area (Å²) in [6, 6.07) is 9.18. The predicted molar refractivity (Wildman–Crippen MR) is 72.9 cm³/mol. The molecular formula is C14H11FN2O4. The van der Waals surface area contributed by atoms with Gasteiger partial charge in [0.2, 0.25) is 12.6 Å². The van der Waals surface area contributed by atoms with E-state index in [4.69, 9.17) is 9.47 Å². The Hall–Kier alpha value is -2.83. The van der Waals surface area contributed by atoms with Gasteiger partial charge in [-0.3, -0.25) is 10.1 Å². The zero-order valence-corrected chi connectivity index (χ0v) is 10.8. The summed E-state index contributed by atoms with van der Waals surface area (Å²) in [5.41, 5.74) is 0.845. The number of halogens is 1. The van der Waals surface area contributed by atoms with Crippen LogP contribution in [0.1, 0.15) is 5.56 Å². The van der Waals surface area contributed by atoms with Gasteiger partial charge in [0, 0.05) is 18.3 Å². The van der Waals surface area contributed by atoms with Crippen molar-refractivity contribution in [2.75, 3.05) is 12.1 Å². The quantitative estimate of drug-likeness (QED) is 0.692. The fourth-order valence-electron chi connectivity index (χ4n) is 2.02. The van der Waals surface area contributed by atoms with Crippen molar-refractivity contribution >= 4 is 11.4 Å².